The molecule has 0 saturated heterocycles. The highest BCUT2D eigenvalue weighted by Crippen LogP contribution is 2.33. The molecule has 0 radical (unpaired) electrons. The zero-order chi connectivity index (χ0) is 14.1. The van der Waals surface area contributed by atoms with E-state index in [1.165, 1.54) is 11.3 Å². The molecule has 0 atom stereocenters. The van der Waals surface area contributed by atoms with E-state index in [0.717, 1.165) is 19.9 Å². The predicted molar refractivity (Wildman–Crippen MR) is 86.1 cm³/mol. The lowest BCUT2D eigenvalue weighted by atomic mass is 10.1. The van der Waals surface area contributed by atoms with Crippen molar-refractivity contribution in [2.24, 2.45) is 0 Å². The van der Waals surface area contributed by atoms with E-state index in [2.05, 4.69) is 20.9 Å². The third-order valence-corrected chi connectivity index (χ3v) is 5.39. The first-order chi connectivity index (χ1) is 9.69. The van der Waals surface area contributed by atoms with Gasteiger partial charge in [0, 0.05) is 20.3 Å². The fourth-order valence-electron chi connectivity index (χ4n) is 1.88. The zero-order valence-corrected chi connectivity index (χ0v) is 13.2. The van der Waals surface area contributed by atoms with Gasteiger partial charge in [-0.15, -0.1) is 22.7 Å². The Morgan fingerprint density at radius 2 is 2.10 bits per heavy atom. The van der Waals surface area contributed by atoms with E-state index in [-0.39, 0.29) is 11.1 Å². The lowest BCUT2D eigenvalue weighted by Crippen LogP contribution is -2.12. The third kappa shape index (κ3) is 2.36. The van der Waals surface area contributed by atoms with Gasteiger partial charge < -0.3 is 4.98 Å². The molecule has 6 heteroatoms. The second-order valence-electron chi connectivity index (χ2n) is 4.02. The molecule has 3 aromatic heterocycles. The molecule has 0 fully saturated rings. The Bertz CT molecular complexity index is 856. The fourth-order valence-corrected chi connectivity index (χ4v) is 4.03. The van der Waals surface area contributed by atoms with Crippen LogP contribution in [0.2, 0.25) is 0 Å². The average molecular weight is 363 g/mol. The molecule has 0 bridgehead atoms. The summed E-state index contributed by atoms with van der Waals surface area (Å²) in [6.07, 6.45) is 0. The van der Waals surface area contributed by atoms with Crippen LogP contribution in [0.5, 0.6) is 0 Å². The Labute approximate surface area is 131 Å². The summed E-state index contributed by atoms with van der Waals surface area (Å²) in [6.45, 7) is 0. The van der Waals surface area contributed by atoms with Crippen LogP contribution in [-0.4, -0.2) is 4.98 Å². The molecule has 0 amide bonds. The molecule has 0 spiro atoms. The summed E-state index contributed by atoms with van der Waals surface area (Å²) >= 11 is 6.44. The van der Waals surface area contributed by atoms with Crippen molar-refractivity contribution in [1.82, 2.24) is 4.98 Å². The number of H-pyrrole nitrogens is 1. The quantitative estimate of drug-likeness (QED) is 0.731. The van der Waals surface area contributed by atoms with Crippen LogP contribution in [-0.2, 0) is 0 Å². The van der Waals surface area contributed by atoms with Crippen LogP contribution in [0.25, 0.3) is 21.0 Å². The van der Waals surface area contributed by atoms with Gasteiger partial charge in [0.1, 0.15) is 11.6 Å². The first kappa shape index (κ1) is 13.3. The summed E-state index contributed by atoms with van der Waals surface area (Å²) < 4.78 is 0.944. The van der Waals surface area contributed by atoms with Crippen molar-refractivity contribution >= 4 is 38.6 Å². The summed E-state index contributed by atoms with van der Waals surface area (Å²) in [7, 11) is 0. The van der Waals surface area contributed by atoms with Crippen LogP contribution in [0.15, 0.2) is 44.3 Å². The van der Waals surface area contributed by atoms with Crippen molar-refractivity contribution in [3.8, 4) is 27.1 Å². The standard InChI is InChI=1S/C14H7BrN2OS2/c15-8-4-13(20-7-8)9-5-11(12-2-1-3-19-12)17-14(18)10(9)6-16/h1-5,7H,(H,17,18). The predicted octanol–water partition coefficient (Wildman–Crippen LogP) is 4.47. The minimum absolute atomic E-state index is 0.152. The number of aromatic nitrogens is 1. The zero-order valence-electron chi connectivity index (χ0n) is 10.0. The summed E-state index contributed by atoms with van der Waals surface area (Å²) in [5.41, 5.74) is 1.22. The van der Waals surface area contributed by atoms with Gasteiger partial charge in [-0.25, -0.2) is 0 Å². The molecular formula is C14H7BrN2OS2. The van der Waals surface area contributed by atoms with E-state index in [4.69, 9.17) is 0 Å². The number of aromatic amines is 1. The maximum atomic E-state index is 12.1. The highest BCUT2D eigenvalue weighted by Gasteiger charge is 2.14. The van der Waals surface area contributed by atoms with Crippen molar-refractivity contribution in [2.45, 2.75) is 0 Å². The van der Waals surface area contributed by atoms with Gasteiger partial charge in [-0.3, -0.25) is 4.79 Å². The Kier molecular flexibility index (Phi) is 3.57. The van der Waals surface area contributed by atoms with Gasteiger partial charge in [0.05, 0.1) is 10.6 Å². The van der Waals surface area contributed by atoms with Crippen molar-refractivity contribution in [3.05, 3.63) is 55.4 Å². The van der Waals surface area contributed by atoms with Gasteiger partial charge >= 0.3 is 0 Å². The van der Waals surface area contributed by atoms with Crippen LogP contribution in [0, 0.1) is 11.3 Å². The van der Waals surface area contributed by atoms with E-state index in [1.54, 1.807) is 11.3 Å². The lowest BCUT2D eigenvalue weighted by Gasteiger charge is -2.04. The summed E-state index contributed by atoms with van der Waals surface area (Å²) in [5.74, 6) is 0. The minimum Gasteiger partial charge on any atom is -0.320 e. The molecular weight excluding hydrogens is 356 g/mol. The number of nitriles is 1. The van der Waals surface area contributed by atoms with Crippen molar-refractivity contribution in [1.29, 1.82) is 5.26 Å². The number of halogens is 1. The van der Waals surface area contributed by atoms with Crippen LogP contribution in [0.3, 0.4) is 0 Å². The number of rotatable bonds is 2. The molecule has 0 unspecified atom stereocenters. The molecule has 3 aromatic rings. The Morgan fingerprint density at radius 1 is 1.25 bits per heavy atom. The molecule has 3 heterocycles. The summed E-state index contributed by atoms with van der Waals surface area (Å²) in [5, 5.41) is 13.1. The van der Waals surface area contributed by atoms with Crippen LogP contribution in [0.1, 0.15) is 5.56 Å². The maximum absolute atomic E-state index is 12.1. The van der Waals surface area contributed by atoms with Gasteiger partial charge in [0.25, 0.3) is 5.56 Å². The monoisotopic (exact) mass is 362 g/mol. The lowest BCUT2D eigenvalue weighted by molar-refractivity contribution is 1.23. The molecule has 3 nitrogen and oxygen atoms in total. The molecule has 3 rings (SSSR count). The molecule has 0 saturated carbocycles. The first-order valence-corrected chi connectivity index (χ1v) is 8.20. The van der Waals surface area contributed by atoms with E-state index in [0.29, 0.717) is 5.56 Å². The highest BCUT2D eigenvalue weighted by molar-refractivity contribution is 9.10. The van der Waals surface area contributed by atoms with E-state index in [9.17, 15) is 10.1 Å². The van der Waals surface area contributed by atoms with Gasteiger partial charge in [0.15, 0.2) is 0 Å². The molecule has 20 heavy (non-hydrogen) atoms. The fraction of sp³-hybridized carbons (Fsp3) is 0. The number of thiophene rings is 2. The van der Waals surface area contributed by atoms with Gasteiger partial charge in [-0.2, -0.15) is 5.26 Å². The number of pyridine rings is 1. The molecule has 1 N–H and O–H groups in total. The maximum Gasteiger partial charge on any atom is 0.267 e. The first-order valence-electron chi connectivity index (χ1n) is 5.65. The van der Waals surface area contributed by atoms with Gasteiger partial charge in [-0.1, -0.05) is 6.07 Å². The highest BCUT2D eigenvalue weighted by atomic mass is 79.9. The van der Waals surface area contributed by atoms with Crippen LogP contribution < -0.4 is 5.56 Å². The number of nitrogens with one attached hydrogen (secondary N) is 1. The summed E-state index contributed by atoms with van der Waals surface area (Å²) in [6, 6.07) is 9.64. The smallest absolute Gasteiger partial charge is 0.267 e. The molecule has 0 aliphatic rings. The number of hydrogen-bond acceptors (Lipinski definition) is 4. The SMILES string of the molecule is N#Cc1c(-c2cc(Br)cs2)cc(-c2cccs2)[nH]c1=O. The van der Waals surface area contributed by atoms with Crippen LogP contribution in [0.4, 0.5) is 0 Å². The van der Waals surface area contributed by atoms with E-state index in [1.807, 2.05) is 41.1 Å². The van der Waals surface area contributed by atoms with Crippen molar-refractivity contribution in [2.75, 3.05) is 0 Å². The van der Waals surface area contributed by atoms with Crippen molar-refractivity contribution in [3.63, 3.8) is 0 Å². The van der Waals surface area contributed by atoms with Gasteiger partial charge in [0.2, 0.25) is 0 Å². The van der Waals surface area contributed by atoms with Gasteiger partial charge in [-0.05, 0) is 39.5 Å². The second kappa shape index (κ2) is 5.37. The third-order valence-electron chi connectivity index (χ3n) is 2.76. The van der Waals surface area contributed by atoms with E-state index >= 15 is 0 Å². The Balaban J connectivity index is 2.27. The topological polar surface area (TPSA) is 56.6 Å². The Morgan fingerprint density at radius 3 is 2.70 bits per heavy atom. The summed E-state index contributed by atoms with van der Waals surface area (Å²) in [4.78, 5) is 16.7. The largest absolute Gasteiger partial charge is 0.320 e. The number of nitrogens with zero attached hydrogens (tertiary/aromatic N) is 1. The Hall–Kier alpha value is -1.68. The van der Waals surface area contributed by atoms with Crippen molar-refractivity contribution < 1.29 is 0 Å². The molecule has 0 aromatic carbocycles. The van der Waals surface area contributed by atoms with E-state index < -0.39 is 0 Å². The molecule has 98 valence electrons. The molecule has 0 aliphatic heterocycles. The second-order valence-corrected chi connectivity index (χ2v) is 6.79. The average Bonchev–Trinajstić information content (AvgIpc) is 3.08. The minimum atomic E-state index is -0.349. The van der Waals surface area contributed by atoms with Crippen LogP contribution >= 0.6 is 38.6 Å². The number of hydrogen-bond donors (Lipinski definition) is 1. The normalized spacial score (nSPS) is 10.4. The molecule has 0 aliphatic carbocycles.